The Bertz CT molecular complexity index is 1650. The van der Waals surface area contributed by atoms with E-state index in [9.17, 15) is 23.2 Å². The minimum atomic E-state index is -1.17. The Morgan fingerprint density at radius 3 is 2.30 bits per heavy atom. The molecular formula is C34H35F2N5O3. The van der Waals surface area contributed by atoms with Crippen molar-refractivity contribution in [1.82, 2.24) is 25.3 Å². The molecule has 0 saturated heterocycles. The first-order valence-electron chi connectivity index (χ1n) is 14.6. The normalized spacial score (nSPS) is 15.7. The number of hydrogen-bond acceptors (Lipinski definition) is 4. The summed E-state index contributed by atoms with van der Waals surface area (Å²) in [6, 6.07) is 20.9. The SMILES string of the molecule is Cc1cc(C2c3ccccc3CCN2C(=O)C(Cc2ccccc2)NC(=O)C(C)C(=O)NCc2cc(F)cc(F)c2)n(C)n1. The maximum atomic E-state index is 14.4. The standard InChI is InChI=1S/C34H35F2N5O3/c1-21-15-30(40(3)39-21)31-28-12-8-7-11-25(28)13-14-41(31)34(44)29(18-23-9-5-4-6-10-23)38-33(43)22(2)32(42)37-20-24-16-26(35)19-27(36)17-24/h4-12,15-17,19,22,29,31H,13-14,18,20H2,1-3H3,(H,37,42)(H,38,43). The molecule has 228 valence electrons. The minimum absolute atomic E-state index is 0.156. The molecule has 8 nitrogen and oxygen atoms in total. The molecule has 5 rings (SSSR count). The quantitative estimate of drug-likeness (QED) is 0.283. The Hall–Kier alpha value is -4.86. The summed E-state index contributed by atoms with van der Waals surface area (Å²) < 4.78 is 28.9. The van der Waals surface area contributed by atoms with Crippen molar-refractivity contribution < 1.29 is 23.2 Å². The van der Waals surface area contributed by atoms with Gasteiger partial charge in [-0.1, -0.05) is 54.6 Å². The van der Waals surface area contributed by atoms with Gasteiger partial charge in [0.2, 0.25) is 17.7 Å². The molecule has 3 atom stereocenters. The summed E-state index contributed by atoms with van der Waals surface area (Å²) in [7, 11) is 1.85. The maximum Gasteiger partial charge on any atom is 0.246 e. The zero-order valence-corrected chi connectivity index (χ0v) is 24.9. The number of nitrogens with one attached hydrogen (secondary N) is 2. The molecule has 0 fully saturated rings. The van der Waals surface area contributed by atoms with Crippen LogP contribution in [-0.4, -0.2) is 45.0 Å². The fourth-order valence-corrected chi connectivity index (χ4v) is 5.73. The van der Waals surface area contributed by atoms with Crippen LogP contribution in [0.5, 0.6) is 0 Å². The second-order valence-electron chi connectivity index (χ2n) is 11.2. The van der Waals surface area contributed by atoms with Gasteiger partial charge in [-0.3, -0.25) is 19.1 Å². The molecule has 1 aromatic heterocycles. The number of fused-ring (bicyclic) bond motifs is 1. The van der Waals surface area contributed by atoms with Crippen molar-refractivity contribution >= 4 is 17.7 Å². The van der Waals surface area contributed by atoms with Crippen molar-refractivity contribution in [3.8, 4) is 0 Å². The molecule has 1 aliphatic rings. The Morgan fingerprint density at radius 2 is 1.61 bits per heavy atom. The third-order valence-electron chi connectivity index (χ3n) is 7.96. The molecule has 44 heavy (non-hydrogen) atoms. The van der Waals surface area contributed by atoms with Crippen LogP contribution in [0.1, 0.15) is 46.6 Å². The highest BCUT2D eigenvalue weighted by Crippen LogP contribution is 2.36. The number of rotatable bonds is 9. The van der Waals surface area contributed by atoms with E-state index in [0.29, 0.717) is 13.0 Å². The average molecular weight is 600 g/mol. The van der Waals surface area contributed by atoms with Crippen LogP contribution in [0.2, 0.25) is 0 Å². The first-order chi connectivity index (χ1) is 21.1. The van der Waals surface area contributed by atoms with E-state index < -0.39 is 41.5 Å². The van der Waals surface area contributed by atoms with Crippen molar-refractivity contribution in [1.29, 1.82) is 0 Å². The molecule has 3 amide bonds. The van der Waals surface area contributed by atoms with Crippen LogP contribution in [0.3, 0.4) is 0 Å². The van der Waals surface area contributed by atoms with Gasteiger partial charge in [-0.2, -0.15) is 5.10 Å². The summed E-state index contributed by atoms with van der Waals surface area (Å²) >= 11 is 0. The lowest BCUT2D eigenvalue weighted by Crippen LogP contribution is -2.54. The molecule has 2 heterocycles. The third kappa shape index (κ3) is 6.85. The van der Waals surface area contributed by atoms with E-state index in [1.165, 1.54) is 6.92 Å². The summed E-state index contributed by atoms with van der Waals surface area (Å²) in [4.78, 5) is 42.5. The summed E-state index contributed by atoms with van der Waals surface area (Å²) in [6.07, 6.45) is 0.873. The molecule has 3 aromatic carbocycles. The number of nitrogens with zero attached hydrogens (tertiary/aromatic N) is 3. The number of halogens is 2. The fraction of sp³-hybridized carbons (Fsp3) is 0.294. The van der Waals surface area contributed by atoms with E-state index in [1.807, 2.05) is 68.6 Å². The highest BCUT2D eigenvalue weighted by atomic mass is 19.1. The Balaban J connectivity index is 1.39. The molecule has 0 saturated carbocycles. The molecule has 0 radical (unpaired) electrons. The molecule has 0 aliphatic carbocycles. The molecule has 0 bridgehead atoms. The molecule has 3 unspecified atom stereocenters. The van der Waals surface area contributed by atoms with Gasteiger partial charge in [0.25, 0.3) is 0 Å². The first kappa shape index (κ1) is 30.6. The average Bonchev–Trinajstić information content (AvgIpc) is 3.35. The van der Waals surface area contributed by atoms with E-state index in [-0.39, 0.29) is 24.4 Å². The first-order valence-corrected chi connectivity index (χ1v) is 14.6. The number of carbonyl (C=O) groups is 3. The van der Waals surface area contributed by atoms with Gasteiger partial charge in [0, 0.05) is 32.6 Å². The van der Waals surface area contributed by atoms with Gasteiger partial charge in [0.05, 0.1) is 17.4 Å². The number of aromatic nitrogens is 2. The van der Waals surface area contributed by atoms with Gasteiger partial charge < -0.3 is 15.5 Å². The van der Waals surface area contributed by atoms with Crippen molar-refractivity contribution in [3.63, 3.8) is 0 Å². The Kier molecular flexibility index (Phi) is 9.18. The zero-order chi connectivity index (χ0) is 31.4. The molecule has 1 aliphatic heterocycles. The lowest BCUT2D eigenvalue weighted by atomic mass is 9.89. The van der Waals surface area contributed by atoms with E-state index in [2.05, 4.69) is 21.8 Å². The smallest absolute Gasteiger partial charge is 0.246 e. The molecule has 0 spiro atoms. The van der Waals surface area contributed by atoms with E-state index >= 15 is 0 Å². The topological polar surface area (TPSA) is 96.3 Å². The van der Waals surface area contributed by atoms with Gasteiger partial charge >= 0.3 is 0 Å². The van der Waals surface area contributed by atoms with Crippen LogP contribution in [0, 0.1) is 24.5 Å². The minimum Gasteiger partial charge on any atom is -0.351 e. The van der Waals surface area contributed by atoms with Crippen LogP contribution in [0.4, 0.5) is 8.78 Å². The predicted octanol–water partition coefficient (Wildman–Crippen LogP) is 4.16. The molecule has 2 N–H and O–H groups in total. The number of carbonyl (C=O) groups excluding carboxylic acids is 3. The number of aryl methyl sites for hydroxylation is 2. The van der Waals surface area contributed by atoms with Crippen LogP contribution < -0.4 is 10.6 Å². The highest BCUT2D eigenvalue weighted by Gasteiger charge is 2.38. The van der Waals surface area contributed by atoms with Crippen molar-refractivity contribution in [3.05, 3.63) is 124 Å². The highest BCUT2D eigenvalue weighted by molar-refractivity contribution is 6.01. The fourth-order valence-electron chi connectivity index (χ4n) is 5.73. The Morgan fingerprint density at radius 1 is 0.932 bits per heavy atom. The van der Waals surface area contributed by atoms with Gasteiger partial charge in [0.1, 0.15) is 23.6 Å². The summed E-state index contributed by atoms with van der Waals surface area (Å²) in [6.45, 7) is 3.61. The van der Waals surface area contributed by atoms with Gasteiger partial charge in [0.15, 0.2) is 0 Å². The lowest BCUT2D eigenvalue weighted by molar-refractivity contribution is -0.141. The number of hydrogen-bond donors (Lipinski definition) is 2. The van der Waals surface area contributed by atoms with Crippen LogP contribution in [-0.2, 0) is 40.8 Å². The summed E-state index contributed by atoms with van der Waals surface area (Å²) in [5.74, 6) is -4.23. The van der Waals surface area contributed by atoms with Crippen LogP contribution in [0.25, 0.3) is 0 Å². The van der Waals surface area contributed by atoms with E-state index in [0.717, 1.165) is 46.3 Å². The van der Waals surface area contributed by atoms with Gasteiger partial charge in [-0.15, -0.1) is 0 Å². The van der Waals surface area contributed by atoms with Crippen molar-refractivity contribution in [2.24, 2.45) is 13.0 Å². The van der Waals surface area contributed by atoms with E-state index in [1.54, 1.807) is 9.58 Å². The second-order valence-corrected chi connectivity index (χ2v) is 11.2. The summed E-state index contributed by atoms with van der Waals surface area (Å²) in [5.41, 5.74) is 4.90. The Labute approximate surface area is 255 Å². The summed E-state index contributed by atoms with van der Waals surface area (Å²) in [5, 5.41) is 9.93. The van der Waals surface area contributed by atoms with Gasteiger partial charge in [-0.25, -0.2) is 8.78 Å². The molecule has 4 aromatic rings. The zero-order valence-electron chi connectivity index (χ0n) is 24.9. The third-order valence-corrected chi connectivity index (χ3v) is 7.96. The maximum absolute atomic E-state index is 14.4. The predicted molar refractivity (Wildman–Crippen MR) is 161 cm³/mol. The van der Waals surface area contributed by atoms with E-state index in [4.69, 9.17) is 0 Å². The monoisotopic (exact) mass is 599 g/mol. The molecular weight excluding hydrogens is 564 g/mol. The molecule has 10 heteroatoms. The van der Waals surface area contributed by atoms with Crippen molar-refractivity contribution in [2.75, 3.05) is 6.54 Å². The number of amides is 3. The largest absolute Gasteiger partial charge is 0.351 e. The van der Waals surface area contributed by atoms with Gasteiger partial charge in [-0.05, 0) is 60.7 Å². The van der Waals surface area contributed by atoms with Crippen molar-refractivity contribution in [2.45, 2.75) is 45.3 Å². The number of benzene rings is 3. The lowest BCUT2D eigenvalue weighted by Gasteiger charge is -2.39. The van der Waals surface area contributed by atoms with Crippen LogP contribution in [0.15, 0.2) is 78.9 Å². The van der Waals surface area contributed by atoms with Crippen LogP contribution >= 0.6 is 0 Å². The second kappa shape index (κ2) is 13.2.